The summed E-state index contributed by atoms with van der Waals surface area (Å²) in [4.78, 5) is 14.0. The van der Waals surface area contributed by atoms with Gasteiger partial charge in [-0.1, -0.05) is 67.4 Å². The number of aromatic nitrogens is 3. The van der Waals surface area contributed by atoms with Crippen LogP contribution in [0.15, 0.2) is 48.5 Å². The molecule has 3 heteroatoms. The Kier molecular flexibility index (Phi) is 4.20. The fraction of sp³-hybridized carbons (Fsp3) is 0.250. The van der Waals surface area contributed by atoms with Crippen LogP contribution in [0, 0.1) is 13.8 Å². The molecule has 2 aromatic carbocycles. The van der Waals surface area contributed by atoms with E-state index in [-0.39, 0.29) is 5.92 Å². The minimum atomic E-state index is 0.255. The Morgan fingerprint density at radius 3 is 1.96 bits per heavy atom. The minimum absolute atomic E-state index is 0.255. The molecule has 3 rings (SSSR count). The molecule has 0 bridgehead atoms. The predicted octanol–water partition coefficient (Wildman–Crippen LogP) is 4.95. The third kappa shape index (κ3) is 3.45. The second kappa shape index (κ2) is 6.29. The van der Waals surface area contributed by atoms with Gasteiger partial charge >= 0.3 is 0 Å². The van der Waals surface area contributed by atoms with E-state index in [1.54, 1.807) is 0 Å². The van der Waals surface area contributed by atoms with Crippen LogP contribution in [0.5, 0.6) is 0 Å². The monoisotopic (exact) mass is 303 g/mol. The summed E-state index contributed by atoms with van der Waals surface area (Å²) in [5, 5.41) is 0. The number of nitrogens with zero attached hydrogens (tertiary/aromatic N) is 3. The summed E-state index contributed by atoms with van der Waals surface area (Å²) >= 11 is 0. The molecule has 0 spiro atoms. The molecule has 1 heterocycles. The van der Waals surface area contributed by atoms with Crippen molar-refractivity contribution < 1.29 is 0 Å². The number of hydrogen-bond acceptors (Lipinski definition) is 3. The normalized spacial score (nSPS) is 11.0. The molecule has 0 radical (unpaired) electrons. The van der Waals surface area contributed by atoms with Crippen molar-refractivity contribution in [3.63, 3.8) is 0 Å². The van der Waals surface area contributed by atoms with Gasteiger partial charge in [-0.25, -0.2) is 15.0 Å². The van der Waals surface area contributed by atoms with Crippen molar-refractivity contribution in [2.75, 3.05) is 0 Å². The van der Waals surface area contributed by atoms with Gasteiger partial charge < -0.3 is 0 Å². The Labute approximate surface area is 137 Å². The van der Waals surface area contributed by atoms with Gasteiger partial charge in [-0.15, -0.1) is 0 Å². The van der Waals surface area contributed by atoms with Crippen LogP contribution in [-0.4, -0.2) is 15.0 Å². The third-order valence-corrected chi connectivity index (χ3v) is 3.76. The van der Waals surface area contributed by atoms with Gasteiger partial charge in [-0.3, -0.25) is 0 Å². The Hall–Kier alpha value is -2.55. The molecule has 116 valence electrons. The van der Waals surface area contributed by atoms with Crippen molar-refractivity contribution in [1.82, 2.24) is 15.0 Å². The summed E-state index contributed by atoms with van der Waals surface area (Å²) in [5.74, 6) is 2.56. The van der Waals surface area contributed by atoms with E-state index >= 15 is 0 Å². The highest BCUT2D eigenvalue weighted by molar-refractivity contribution is 5.61. The molecule has 23 heavy (non-hydrogen) atoms. The minimum Gasteiger partial charge on any atom is -0.213 e. The smallest absolute Gasteiger partial charge is 0.163 e. The van der Waals surface area contributed by atoms with Gasteiger partial charge in [0.25, 0.3) is 0 Å². The second-order valence-corrected chi connectivity index (χ2v) is 6.23. The van der Waals surface area contributed by atoms with Crippen LogP contribution >= 0.6 is 0 Å². The van der Waals surface area contributed by atoms with E-state index in [9.17, 15) is 0 Å². The van der Waals surface area contributed by atoms with Crippen molar-refractivity contribution in [3.8, 4) is 22.8 Å². The number of rotatable bonds is 3. The topological polar surface area (TPSA) is 38.7 Å². The van der Waals surface area contributed by atoms with E-state index in [4.69, 9.17) is 4.98 Å². The largest absolute Gasteiger partial charge is 0.213 e. The molecule has 0 atom stereocenters. The van der Waals surface area contributed by atoms with Crippen LogP contribution in [0.4, 0.5) is 0 Å². The molecule has 0 aliphatic rings. The van der Waals surface area contributed by atoms with Crippen molar-refractivity contribution in [2.24, 2.45) is 0 Å². The highest BCUT2D eigenvalue weighted by Crippen LogP contribution is 2.23. The standard InChI is InChI=1S/C20H21N3/c1-13(2)18-21-19(16-10-8-14(3)9-11-16)23-20(22-18)17-7-5-6-15(4)12-17/h5-13H,1-4H3. The van der Waals surface area contributed by atoms with Crippen LogP contribution in [0.3, 0.4) is 0 Å². The highest BCUT2D eigenvalue weighted by atomic mass is 15.0. The second-order valence-electron chi connectivity index (χ2n) is 6.23. The predicted molar refractivity (Wildman–Crippen MR) is 94.3 cm³/mol. The summed E-state index contributed by atoms with van der Waals surface area (Å²) < 4.78 is 0. The summed E-state index contributed by atoms with van der Waals surface area (Å²) in [6, 6.07) is 16.6. The fourth-order valence-electron chi connectivity index (χ4n) is 2.40. The third-order valence-electron chi connectivity index (χ3n) is 3.76. The lowest BCUT2D eigenvalue weighted by Gasteiger charge is -2.10. The average Bonchev–Trinajstić information content (AvgIpc) is 2.55. The summed E-state index contributed by atoms with van der Waals surface area (Å²) in [6.07, 6.45) is 0. The van der Waals surface area contributed by atoms with Crippen LogP contribution in [0.1, 0.15) is 36.7 Å². The Morgan fingerprint density at radius 1 is 0.696 bits per heavy atom. The highest BCUT2D eigenvalue weighted by Gasteiger charge is 2.12. The van der Waals surface area contributed by atoms with Crippen LogP contribution in [0.2, 0.25) is 0 Å². The molecule has 0 fully saturated rings. The lowest BCUT2D eigenvalue weighted by Crippen LogP contribution is -2.04. The number of benzene rings is 2. The first-order chi connectivity index (χ1) is 11.0. The lowest BCUT2D eigenvalue weighted by atomic mass is 10.1. The maximum atomic E-state index is 4.70. The molecule has 0 N–H and O–H groups in total. The maximum absolute atomic E-state index is 4.70. The van der Waals surface area contributed by atoms with Crippen molar-refractivity contribution >= 4 is 0 Å². The van der Waals surface area contributed by atoms with Gasteiger partial charge in [0.1, 0.15) is 5.82 Å². The first-order valence-electron chi connectivity index (χ1n) is 7.93. The molecular weight excluding hydrogens is 282 g/mol. The van der Waals surface area contributed by atoms with Gasteiger partial charge in [-0.2, -0.15) is 0 Å². The van der Waals surface area contributed by atoms with E-state index in [1.165, 1.54) is 11.1 Å². The maximum Gasteiger partial charge on any atom is 0.163 e. The van der Waals surface area contributed by atoms with Crippen molar-refractivity contribution in [3.05, 3.63) is 65.5 Å². The number of aryl methyl sites for hydroxylation is 2. The van der Waals surface area contributed by atoms with E-state index < -0.39 is 0 Å². The molecular formula is C20H21N3. The van der Waals surface area contributed by atoms with Crippen molar-refractivity contribution in [1.29, 1.82) is 0 Å². The van der Waals surface area contributed by atoms with E-state index in [0.29, 0.717) is 0 Å². The van der Waals surface area contributed by atoms with Crippen molar-refractivity contribution in [2.45, 2.75) is 33.6 Å². The SMILES string of the molecule is Cc1ccc(-c2nc(-c3cccc(C)c3)nc(C(C)C)n2)cc1. The molecule has 1 aromatic heterocycles. The first kappa shape index (κ1) is 15.3. The van der Waals surface area contributed by atoms with Crippen LogP contribution in [0.25, 0.3) is 22.8 Å². The zero-order valence-corrected chi connectivity index (χ0v) is 14.0. The van der Waals surface area contributed by atoms with Crippen LogP contribution in [-0.2, 0) is 0 Å². The number of hydrogen-bond donors (Lipinski definition) is 0. The van der Waals surface area contributed by atoms with Gasteiger partial charge in [0.2, 0.25) is 0 Å². The Balaban J connectivity index is 2.15. The molecule has 0 saturated heterocycles. The molecule has 0 aliphatic carbocycles. The van der Waals surface area contributed by atoms with Gasteiger partial charge in [0, 0.05) is 17.0 Å². The van der Waals surface area contributed by atoms with Gasteiger partial charge in [0.05, 0.1) is 0 Å². The molecule has 0 aliphatic heterocycles. The summed E-state index contributed by atoms with van der Waals surface area (Å²) in [6.45, 7) is 8.37. The van der Waals surface area contributed by atoms with E-state index in [1.807, 2.05) is 12.1 Å². The van der Waals surface area contributed by atoms with Gasteiger partial charge in [-0.05, 0) is 19.9 Å². The molecule has 0 saturated carbocycles. The van der Waals surface area contributed by atoms with E-state index in [0.717, 1.165) is 28.6 Å². The zero-order chi connectivity index (χ0) is 16.4. The zero-order valence-electron chi connectivity index (χ0n) is 14.0. The van der Waals surface area contributed by atoms with E-state index in [2.05, 4.69) is 74.1 Å². The molecule has 3 aromatic rings. The molecule has 3 nitrogen and oxygen atoms in total. The molecule has 0 amide bonds. The fourth-order valence-corrected chi connectivity index (χ4v) is 2.40. The summed E-state index contributed by atoms with van der Waals surface area (Å²) in [7, 11) is 0. The Bertz CT molecular complexity index is 821. The average molecular weight is 303 g/mol. The Morgan fingerprint density at radius 2 is 1.35 bits per heavy atom. The molecule has 0 unspecified atom stereocenters. The lowest BCUT2D eigenvalue weighted by molar-refractivity contribution is 0.766. The summed E-state index contributed by atoms with van der Waals surface area (Å²) in [5.41, 5.74) is 4.48. The first-order valence-corrected chi connectivity index (χ1v) is 7.93. The van der Waals surface area contributed by atoms with Gasteiger partial charge in [0.15, 0.2) is 11.6 Å². The quantitative estimate of drug-likeness (QED) is 0.687. The van der Waals surface area contributed by atoms with Crippen LogP contribution < -0.4 is 0 Å².